The molecule has 0 unspecified atom stereocenters. The number of carbonyl (C=O) groups is 1. The summed E-state index contributed by atoms with van der Waals surface area (Å²) in [6, 6.07) is 16.4. The molecule has 0 atom stereocenters. The van der Waals surface area contributed by atoms with Crippen LogP contribution in [0.2, 0.25) is 0 Å². The van der Waals surface area contributed by atoms with Crippen molar-refractivity contribution in [2.45, 2.75) is 0 Å². The monoisotopic (exact) mass is 351 g/mol. The van der Waals surface area contributed by atoms with Crippen molar-refractivity contribution in [2.24, 2.45) is 0 Å². The highest BCUT2D eigenvalue weighted by atomic mass is 16.1. The maximum Gasteiger partial charge on any atom is 0.200 e. The molecule has 0 saturated heterocycles. The topological polar surface area (TPSA) is 64.3 Å². The second-order valence-electron chi connectivity index (χ2n) is 6.35. The summed E-state index contributed by atoms with van der Waals surface area (Å²) in [6.45, 7) is 0. The predicted octanol–water partition coefficient (Wildman–Crippen LogP) is 3.58. The smallest absolute Gasteiger partial charge is 0.200 e. The fourth-order valence-electron chi connectivity index (χ4n) is 3.29. The number of fused-ring (bicyclic) bond motifs is 3. The number of aromatic nitrogens is 3. The summed E-state index contributed by atoms with van der Waals surface area (Å²) in [5.41, 5.74) is 1.99. The molecule has 0 fully saturated rings. The Kier molecular flexibility index (Phi) is 3.33. The minimum Gasteiger partial charge on any atom is -0.307 e. The average molecular weight is 351 g/mol. The maximum absolute atomic E-state index is 13.0. The summed E-state index contributed by atoms with van der Waals surface area (Å²) >= 11 is 0. The van der Waals surface area contributed by atoms with E-state index in [-0.39, 0.29) is 16.8 Å². The van der Waals surface area contributed by atoms with Crippen molar-refractivity contribution < 1.29 is 4.79 Å². The zero-order chi connectivity index (χ0) is 18.4. The van der Waals surface area contributed by atoms with Gasteiger partial charge in [-0.2, -0.15) is 0 Å². The Labute approximate surface area is 153 Å². The molecule has 1 aliphatic carbocycles. The summed E-state index contributed by atoms with van der Waals surface area (Å²) in [7, 11) is 0. The standard InChI is InChI=1S/C22H13N3O2/c26-21(14-7-9-23-10-8-14)17-5-6-19-18(22(17)27)13-25-12-16-4-2-1-3-15(16)11-20(25)24-19/h1-13H. The molecule has 5 heteroatoms. The maximum atomic E-state index is 13.0. The highest BCUT2D eigenvalue weighted by molar-refractivity contribution is 6.09. The zero-order valence-corrected chi connectivity index (χ0v) is 14.2. The molecule has 5 rings (SSSR count). The van der Waals surface area contributed by atoms with E-state index in [1.165, 1.54) is 12.4 Å². The first kappa shape index (κ1) is 15.4. The largest absolute Gasteiger partial charge is 0.307 e. The quantitative estimate of drug-likeness (QED) is 0.360. The molecule has 3 aromatic rings. The summed E-state index contributed by atoms with van der Waals surface area (Å²) in [5.74, 6) is -0.312. The predicted molar refractivity (Wildman–Crippen MR) is 103 cm³/mol. The molecule has 0 radical (unpaired) electrons. The van der Waals surface area contributed by atoms with Gasteiger partial charge in [0.1, 0.15) is 5.65 Å². The van der Waals surface area contributed by atoms with Crippen molar-refractivity contribution in [2.75, 3.05) is 0 Å². The molecule has 128 valence electrons. The Morgan fingerprint density at radius 1 is 0.889 bits per heavy atom. The van der Waals surface area contributed by atoms with E-state index in [1.807, 2.05) is 40.9 Å². The van der Waals surface area contributed by atoms with E-state index in [1.54, 1.807) is 30.5 Å². The molecular weight excluding hydrogens is 338 g/mol. The average Bonchev–Trinajstić information content (AvgIpc) is 2.71. The first-order valence-electron chi connectivity index (χ1n) is 8.50. The second-order valence-corrected chi connectivity index (χ2v) is 6.35. The molecule has 0 N–H and O–H groups in total. The Bertz CT molecular complexity index is 1360. The number of ketones is 1. The number of benzene rings is 2. The van der Waals surface area contributed by atoms with Gasteiger partial charge in [0.25, 0.3) is 0 Å². The minimum atomic E-state index is -0.315. The Hall–Kier alpha value is -3.86. The SMILES string of the molecule is O=C(c1ccncc1)c1ccc2nc3cc4ccccc4cn3cc-2c1=O. The van der Waals surface area contributed by atoms with Crippen LogP contribution in [0, 0.1) is 0 Å². The van der Waals surface area contributed by atoms with Crippen LogP contribution in [-0.2, 0) is 0 Å². The van der Waals surface area contributed by atoms with Crippen LogP contribution in [0.25, 0.3) is 27.7 Å². The Balaban J connectivity index is 1.75. The normalized spacial score (nSPS) is 11.3. The molecule has 27 heavy (non-hydrogen) atoms. The van der Waals surface area contributed by atoms with Crippen molar-refractivity contribution in [3.63, 3.8) is 0 Å². The van der Waals surface area contributed by atoms with E-state index >= 15 is 0 Å². The van der Waals surface area contributed by atoms with Crippen molar-refractivity contribution >= 4 is 22.2 Å². The molecular formula is C22H13N3O2. The van der Waals surface area contributed by atoms with E-state index in [0.717, 1.165) is 16.4 Å². The van der Waals surface area contributed by atoms with Crippen molar-refractivity contribution in [3.8, 4) is 11.3 Å². The lowest BCUT2D eigenvalue weighted by atomic mass is 9.99. The van der Waals surface area contributed by atoms with Gasteiger partial charge >= 0.3 is 0 Å². The van der Waals surface area contributed by atoms with Gasteiger partial charge in [0.15, 0.2) is 5.78 Å². The van der Waals surface area contributed by atoms with Crippen molar-refractivity contribution in [1.82, 2.24) is 14.4 Å². The van der Waals surface area contributed by atoms with Gasteiger partial charge in [0, 0.05) is 30.4 Å². The molecule has 0 bridgehead atoms. The van der Waals surface area contributed by atoms with Gasteiger partial charge in [0.05, 0.1) is 16.8 Å². The lowest BCUT2D eigenvalue weighted by molar-refractivity contribution is 0.103. The van der Waals surface area contributed by atoms with Gasteiger partial charge < -0.3 is 4.40 Å². The second kappa shape index (κ2) is 5.85. The van der Waals surface area contributed by atoms with Crippen LogP contribution < -0.4 is 5.43 Å². The van der Waals surface area contributed by atoms with Gasteiger partial charge in [0.2, 0.25) is 5.43 Å². The zero-order valence-electron chi connectivity index (χ0n) is 14.2. The van der Waals surface area contributed by atoms with E-state index in [0.29, 0.717) is 16.8 Å². The first-order valence-corrected chi connectivity index (χ1v) is 8.50. The van der Waals surface area contributed by atoms with E-state index in [9.17, 15) is 9.59 Å². The molecule has 1 aliphatic heterocycles. The molecule has 2 aliphatic rings. The van der Waals surface area contributed by atoms with Crippen LogP contribution in [0.4, 0.5) is 0 Å². The third-order valence-corrected chi connectivity index (χ3v) is 4.69. The number of carbonyl (C=O) groups excluding carboxylic acids is 1. The van der Waals surface area contributed by atoms with E-state index < -0.39 is 0 Å². The fourth-order valence-corrected chi connectivity index (χ4v) is 3.29. The summed E-state index contributed by atoms with van der Waals surface area (Å²) < 4.78 is 1.83. The molecule has 3 heterocycles. The molecule has 0 spiro atoms. The van der Waals surface area contributed by atoms with Gasteiger partial charge in [-0.25, -0.2) is 4.98 Å². The van der Waals surface area contributed by atoms with Crippen LogP contribution in [0.1, 0.15) is 15.9 Å². The van der Waals surface area contributed by atoms with E-state index in [2.05, 4.69) is 9.97 Å². The van der Waals surface area contributed by atoms with Crippen LogP contribution in [0.15, 0.2) is 84.2 Å². The molecule has 1 aromatic carbocycles. The van der Waals surface area contributed by atoms with Crippen LogP contribution in [0.3, 0.4) is 0 Å². The number of hydrogen-bond acceptors (Lipinski definition) is 4. The summed E-state index contributed by atoms with van der Waals surface area (Å²) in [4.78, 5) is 34.2. The van der Waals surface area contributed by atoms with Gasteiger partial charge in [-0.1, -0.05) is 24.3 Å². The van der Waals surface area contributed by atoms with Gasteiger partial charge in [-0.05, 0) is 41.1 Å². The molecule has 0 amide bonds. The summed E-state index contributed by atoms with van der Waals surface area (Å²) in [5, 5.41) is 2.13. The highest BCUT2D eigenvalue weighted by Crippen LogP contribution is 2.22. The number of hydrogen-bond donors (Lipinski definition) is 0. The van der Waals surface area contributed by atoms with Gasteiger partial charge in [-0.15, -0.1) is 0 Å². The molecule has 2 aromatic heterocycles. The van der Waals surface area contributed by atoms with Crippen molar-refractivity contribution in [3.05, 3.63) is 101 Å². The summed E-state index contributed by atoms with van der Waals surface area (Å²) in [6.07, 6.45) is 6.76. The highest BCUT2D eigenvalue weighted by Gasteiger charge is 2.18. The Morgan fingerprint density at radius 3 is 2.48 bits per heavy atom. The first-order chi connectivity index (χ1) is 13.2. The number of pyridine rings is 2. The van der Waals surface area contributed by atoms with E-state index in [4.69, 9.17) is 0 Å². The van der Waals surface area contributed by atoms with Crippen LogP contribution >= 0.6 is 0 Å². The molecule has 0 saturated carbocycles. The number of nitrogens with zero attached hydrogens (tertiary/aromatic N) is 3. The lowest BCUT2D eigenvalue weighted by Gasteiger charge is -2.11. The Morgan fingerprint density at radius 2 is 1.67 bits per heavy atom. The van der Waals surface area contributed by atoms with Crippen LogP contribution in [0.5, 0.6) is 0 Å². The minimum absolute atomic E-state index is 0.135. The third kappa shape index (κ3) is 2.48. The third-order valence-electron chi connectivity index (χ3n) is 4.69. The van der Waals surface area contributed by atoms with Crippen molar-refractivity contribution in [1.29, 1.82) is 0 Å². The number of rotatable bonds is 2. The van der Waals surface area contributed by atoms with Gasteiger partial charge in [-0.3, -0.25) is 14.6 Å². The van der Waals surface area contributed by atoms with Crippen LogP contribution in [-0.4, -0.2) is 20.2 Å². The fraction of sp³-hybridized carbons (Fsp3) is 0. The lowest BCUT2D eigenvalue weighted by Crippen LogP contribution is -2.19. The molecule has 5 nitrogen and oxygen atoms in total.